The molecular weight excluding hydrogens is 429 g/mol. The second-order valence-corrected chi connectivity index (χ2v) is 9.92. The lowest BCUT2D eigenvalue weighted by molar-refractivity contribution is -0.697. The molecule has 31 heavy (non-hydrogen) atoms. The summed E-state index contributed by atoms with van der Waals surface area (Å²) in [6, 6.07) is 5.28. The van der Waals surface area contributed by atoms with E-state index in [2.05, 4.69) is 36.0 Å². The maximum absolute atomic E-state index is 9.75. The zero-order valence-corrected chi connectivity index (χ0v) is 20.6. The second kappa shape index (κ2) is 17.6. The molecule has 0 aliphatic rings. The molecule has 1 aromatic rings. The number of unbranched alkanes of at least 4 members (excludes halogenated alkanes) is 5. The van der Waals surface area contributed by atoms with Gasteiger partial charge in [0.1, 0.15) is 6.54 Å². The fraction of sp³-hybridized carbons (Fsp3) is 0.762. The highest BCUT2D eigenvalue weighted by molar-refractivity contribution is 6.60. The van der Waals surface area contributed by atoms with Crippen LogP contribution in [-0.4, -0.2) is 35.9 Å². The molecule has 0 bridgehead atoms. The Balaban J connectivity index is 0.00000161. The molecule has 0 atom stereocenters. The molecule has 0 aliphatic carbocycles. The number of rotatable bonds is 16. The third-order valence-corrected chi connectivity index (χ3v) is 7.59. The Morgan fingerprint density at radius 3 is 1.68 bits per heavy atom. The molecule has 0 amide bonds. The quantitative estimate of drug-likeness (QED) is 0.125. The first kappa shape index (κ1) is 30.0. The SMILES string of the molecule is CCCCCCCC[n+]1ccc(CC[Si](OCC)(OCC)OCC)cc1.F[B-](F)(F)F. The van der Waals surface area contributed by atoms with Crippen LogP contribution in [0, 0.1) is 0 Å². The number of halogens is 4. The molecule has 0 saturated carbocycles. The fourth-order valence-electron chi connectivity index (χ4n) is 3.18. The van der Waals surface area contributed by atoms with Crippen molar-refractivity contribution in [1.29, 1.82) is 0 Å². The lowest BCUT2D eigenvalue weighted by atomic mass is 10.1. The second-order valence-electron chi connectivity index (χ2n) is 7.19. The molecule has 1 heterocycles. The van der Waals surface area contributed by atoms with Gasteiger partial charge < -0.3 is 30.5 Å². The van der Waals surface area contributed by atoms with E-state index in [1.807, 2.05) is 20.8 Å². The van der Waals surface area contributed by atoms with Gasteiger partial charge in [-0.3, -0.25) is 0 Å². The zero-order valence-electron chi connectivity index (χ0n) is 19.6. The molecule has 0 N–H and O–H groups in total. The van der Waals surface area contributed by atoms with E-state index in [-0.39, 0.29) is 0 Å². The number of hydrogen-bond donors (Lipinski definition) is 0. The first-order chi connectivity index (χ1) is 14.7. The minimum atomic E-state index is -6.00. The Hall–Kier alpha value is -0.968. The number of aromatic nitrogens is 1. The Kier molecular flexibility index (Phi) is 17.0. The van der Waals surface area contributed by atoms with Gasteiger partial charge in [0.15, 0.2) is 12.4 Å². The van der Waals surface area contributed by atoms with Crippen LogP contribution in [-0.2, 0) is 26.2 Å². The van der Waals surface area contributed by atoms with Gasteiger partial charge in [0, 0.05) is 44.4 Å². The van der Waals surface area contributed by atoms with Crippen LogP contribution in [0.3, 0.4) is 0 Å². The average molecular weight is 469 g/mol. The van der Waals surface area contributed by atoms with Gasteiger partial charge in [0.25, 0.3) is 0 Å². The molecule has 1 aromatic heterocycles. The van der Waals surface area contributed by atoms with Crippen molar-refractivity contribution >= 4 is 16.1 Å². The molecule has 0 aliphatic heterocycles. The van der Waals surface area contributed by atoms with E-state index in [4.69, 9.17) is 13.3 Å². The van der Waals surface area contributed by atoms with E-state index in [1.54, 1.807) is 0 Å². The number of hydrogen-bond acceptors (Lipinski definition) is 3. The number of pyridine rings is 1. The maximum atomic E-state index is 9.75. The molecule has 182 valence electrons. The Labute approximate surface area is 186 Å². The highest BCUT2D eigenvalue weighted by Gasteiger charge is 2.39. The van der Waals surface area contributed by atoms with Crippen LogP contribution < -0.4 is 4.57 Å². The molecule has 10 heteroatoms. The summed E-state index contributed by atoms with van der Waals surface area (Å²) in [5.74, 6) is 0. The smallest absolute Gasteiger partial charge is 0.418 e. The topological polar surface area (TPSA) is 31.6 Å². The molecule has 0 unspecified atom stereocenters. The largest absolute Gasteiger partial charge is 0.673 e. The van der Waals surface area contributed by atoms with Gasteiger partial charge in [-0.05, 0) is 39.2 Å². The summed E-state index contributed by atoms with van der Waals surface area (Å²) < 4.78 is 59.1. The van der Waals surface area contributed by atoms with Crippen molar-refractivity contribution in [3.63, 3.8) is 0 Å². The van der Waals surface area contributed by atoms with Crippen LogP contribution in [0.2, 0.25) is 6.04 Å². The van der Waals surface area contributed by atoms with E-state index in [0.717, 1.165) is 19.0 Å². The standard InChI is InChI=1S/C21H40NO3Si.BF4/c1-5-9-10-11-12-13-17-22-18-14-21(15-19-22)16-20-26(23-6-2,24-7-3)25-8-4;2-1(3,4)5/h14-15,18-19H,5-13,16-17,20H2,1-4H3;/q+1;-1. The van der Waals surface area contributed by atoms with Gasteiger partial charge in [-0.2, -0.15) is 0 Å². The molecule has 0 fully saturated rings. The van der Waals surface area contributed by atoms with E-state index in [0.29, 0.717) is 19.8 Å². The van der Waals surface area contributed by atoms with Gasteiger partial charge >= 0.3 is 16.1 Å². The minimum Gasteiger partial charge on any atom is -0.418 e. The lowest BCUT2D eigenvalue weighted by Gasteiger charge is -2.28. The van der Waals surface area contributed by atoms with E-state index < -0.39 is 16.1 Å². The average Bonchev–Trinajstić information content (AvgIpc) is 2.69. The summed E-state index contributed by atoms with van der Waals surface area (Å²) in [4.78, 5) is 0. The highest BCUT2D eigenvalue weighted by Crippen LogP contribution is 2.19. The van der Waals surface area contributed by atoms with E-state index >= 15 is 0 Å². The summed E-state index contributed by atoms with van der Waals surface area (Å²) in [6.07, 6.45) is 13.4. The van der Waals surface area contributed by atoms with Crippen molar-refractivity contribution in [1.82, 2.24) is 0 Å². The highest BCUT2D eigenvalue weighted by atomic mass is 28.4. The lowest BCUT2D eigenvalue weighted by Crippen LogP contribution is -2.46. The molecule has 4 nitrogen and oxygen atoms in total. The van der Waals surface area contributed by atoms with Crippen LogP contribution in [0.25, 0.3) is 0 Å². The molecule has 0 spiro atoms. The molecular formula is C21H40BF4NO3Si. The first-order valence-corrected chi connectivity index (χ1v) is 13.4. The third-order valence-electron chi connectivity index (χ3n) is 4.54. The van der Waals surface area contributed by atoms with Crippen molar-refractivity contribution in [2.45, 2.75) is 85.2 Å². The monoisotopic (exact) mass is 469 g/mol. The summed E-state index contributed by atoms with van der Waals surface area (Å²) >= 11 is 0. The van der Waals surface area contributed by atoms with Gasteiger partial charge in [0.2, 0.25) is 0 Å². The molecule has 0 radical (unpaired) electrons. The Bertz CT molecular complexity index is 527. The van der Waals surface area contributed by atoms with Crippen molar-refractivity contribution in [2.24, 2.45) is 0 Å². The first-order valence-electron chi connectivity index (χ1n) is 11.5. The summed E-state index contributed by atoms with van der Waals surface area (Å²) in [6.45, 7) is 11.3. The minimum absolute atomic E-state index is 0.638. The van der Waals surface area contributed by atoms with Crippen molar-refractivity contribution < 1.29 is 35.1 Å². The molecule has 1 rings (SSSR count). The van der Waals surface area contributed by atoms with Crippen LogP contribution in [0.5, 0.6) is 0 Å². The predicted octanol–water partition coefficient (Wildman–Crippen LogP) is 6.23. The van der Waals surface area contributed by atoms with Crippen molar-refractivity contribution in [3.05, 3.63) is 30.1 Å². The maximum Gasteiger partial charge on any atom is 0.673 e. The normalized spacial score (nSPS) is 11.9. The fourth-order valence-corrected chi connectivity index (χ4v) is 5.77. The summed E-state index contributed by atoms with van der Waals surface area (Å²) in [5, 5.41) is 0. The van der Waals surface area contributed by atoms with Crippen LogP contribution in [0.1, 0.15) is 71.8 Å². The van der Waals surface area contributed by atoms with Gasteiger partial charge in [-0.15, -0.1) is 0 Å². The zero-order chi connectivity index (χ0) is 23.6. The third kappa shape index (κ3) is 17.3. The van der Waals surface area contributed by atoms with Crippen LogP contribution in [0.4, 0.5) is 17.3 Å². The Morgan fingerprint density at radius 1 is 0.774 bits per heavy atom. The Morgan fingerprint density at radius 2 is 1.23 bits per heavy atom. The molecule has 0 saturated heterocycles. The number of nitrogens with zero attached hydrogens (tertiary/aromatic N) is 1. The molecule has 0 aromatic carbocycles. The van der Waals surface area contributed by atoms with E-state index in [9.17, 15) is 17.3 Å². The van der Waals surface area contributed by atoms with Gasteiger partial charge in [-0.1, -0.05) is 32.6 Å². The van der Waals surface area contributed by atoms with Crippen LogP contribution in [0.15, 0.2) is 24.5 Å². The summed E-state index contributed by atoms with van der Waals surface area (Å²) in [5.41, 5.74) is 1.32. The van der Waals surface area contributed by atoms with Gasteiger partial charge in [-0.25, -0.2) is 4.57 Å². The van der Waals surface area contributed by atoms with Crippen molar-refractivity contribution in [3.8, 4) is 0 Å². The van der Waals surface area contributed by atoms with Crippen LogP contribution >= 0.6 is 0 Å². The van der Waals surface area contributed by atoms with E-state index in [1.165, 1.54) is 44.1 Å². The van der Waals surface area contributed by atoms with Crippen molar-refractivity contribution in [2.75, 3.05) is 19.8 Å². The predicted molar refractivity (Wildman–Crippen MR) is 119 cm³/mol. The van der Waals surface area contributed by atoms with Gasteiger partial charge in [0.05, 0.1) is 0 Å². The number of aryl methyl sites for hydroxylation is 2. The summed E-state index contributed by atoms with van der Waals surface area (Å²) in [7, 11) is -8.54.